The van der Waals surface area contributed by atoms with E-state index in [0.29, 0.717) is 5.92 Å². The van der Waals surface area contributed by atoms with Gasteiger partial charge in [-0.25, -0.2) is 0 Å². The van der Waals surface area contributed by atoms with Gasteiger partial charge in [0.05, 0.1) is 4.34 Å². The van der Waals surface area contributed by atoms with Crippen molar-refractivity contribution in [3.05, 3.63) is 21.3 Å². The zero-order chi connectivity index (χ0) is 11.3. The molecule has 1 aromatic heterocycles. The first-order valence-corrected chi connectivity index (χ1v) is 6.51. The maximum atomic E-state index is 10.7. The second-order valence-electron chi connectivity index (χ2n) is 5.47. The highest BCUT2D eigenvalue weighted by Crippen LogP contribution is 2.54. The number of aliphatic hydroxyl groups is 1. The Hall–Kier alpha value is -0.0500. The summed E-state index contributed by atoms with van der Waals surface area (Å²) in [7, 11) is 0. The highest BCUT2D eigenvalue weighted by atomic mass is 35.5. The van der Waals surface area contributed by atoms with Gasteiger partial charge in [-0.05, 0) is 36.3 Å². The van der Waals surface area contributed by atoms with Gasteiger partial charge in [0, 0.05) is 4.88 Å². The van der Waals surface area contributed by atoms with Crippen molar-refractivity contribution in [2.45, 2.75) is 39.2 Å². The van der Waals surface area contributed by atoms with Crippen molar-refractivity contribution in [3.63, 3.8) is 0 Å². The molecule has 0 amide bonds. The van der Waals surface area contributed by atoms with Crippen molar-refractivity contribution in [1.29, 1.82) is 0 Å². The summed E-state index contributed by atoms with van der Waals surface area (Å²) in [6.45, 7) is 6.57. The molecule has 2 unspecified atom stereocenters. The van der Waals surface area contributed by atoms with Gasteiger partial charge in [0.1, 0.15) is 5.60 Å². The van der Waals surface area contributed by atoms with Crippen LogP contribution in [-0.2, 0) is 5.60 Å². The standard InChI is InChI=1S/C12H17ClOS/c1-8-6-11(2,3)7-12(8,14)9-4-5-10(13)15-9/h4-5,8,14H,6-7H2,1-3H3. The predicted octanol–water partition coefficient (Wildman–Crippen LogP) is 4.05. The van der Waals surface area contributed by atoms with Crippen LogP contribution in [0.3, 0.4) is 0 Å². The van der Waals surface area contributed by atoms with E-state index in [0.717, 1.165) is 22.1 Å². The molecule has 1 N–H and O–H groups in total. The van der Waals surface area contributed by atoms with Crippen LogP contribution in [0.4, 0.5) is 0 Å². The van der Waals surface area contributed by atoms with Gasteiger partial charge in [0.25, 0.3) is 0 Å². The molecule has 2 atom stereocenters. The molecule has 0 bridgehead atoms. The molecule has 15 heavy (non-hydrogen) atoms. The Kier molecular flexibility index (Phi) is 2.65. The fourth-order valence-corrected chi connectivity index (χ4v) is 4.10. The zero-order valence-electron chi connectivity index (χ0n) is 9.38. The van der Waals surface area contributed by atoms with Crippen LogP contribution in [0.15, 0.2) is 12.1 Å². The van der Waals surface area contributed by atoms with Crippen LogP contribution < -0.4 is 0 Å². The first-order valence-electron chi connectivity index (χ1n) is 5.32. The molecule has 1 heterocycles. The van der Waals surface area contributed by atoms with Crippen LogP contribution in [0.25, 0.3) is 0 Å². The van der Waals surface area contributed by atoms with E-state index in [1.165, 1.54) is 11.3 Å². The van der Waals surface area contributed by atoms with E-state index in [4.69, 9.17) is 11.6 Å². The minimum atomic E-state index is -0.665. The van der Waals surface area contributed by atoms with Gasteiger partial charge in [-0.1, -0.05) is 32.4 Å². The van der Waals surface area contributed by atoms with E-state index in [2.05, 4.69) is 20.8 Å². The molecule has 0 spiro atoms. The smallest absolute Gasteiger partial charge is 0.102 e. The molecule has 1 aliphatic carbocycles. The monoisotopic (exact) mass is 244 g/mol. The van der Waals surface area contributed by atoms with Crippen molar-refractivity contribution in [2.75, 3.05) is 0 Å². The first kappa shape index (κ1) is 11.4. The Morgan fingerprint density at radius 3 is 2.53 bits per heavy atom. The molecule has 3 heteroatoms. The zero-order valence-corrected chi connectivity index (χ0v) is 11.0. The summed E-state index contributed by atoms with van der Waals surface area (Å²) in [5.74, 6) is 0.308. The minimum absolute atomic E-state index is 0.227. The summed E-state index contributed by atoms with van der Waals surface area (Å²) in [4.78, 5) is 1.02. The largest absolute Gasteiger partial charge is 0.384 e. The number of rotatable bonds is 1. The third kappa shape index (κ3) is 1.95. The second kappa shape index (κ2) is 3.47. The van der Waals surface area contributed by atoms with Crippen LogP contribution in [-0.4, -0.2) is 5.11 Å². The minimum Gasteiger partial charge on any atom is -0.384 e. The summed E-state index contributed by atoms with van der Waals surface area (Å²) < 4.78 is 0.760. The Labute approximate surface area is 100 Å². The number of hydrogen-bond acceptors (Lipinski definition) is 2. The summed E-state index contributed by atoms with van der Waals surface area (Å²) >= 11 is 7.43. The lowest BCUT2D eigenvalue weighted by atomic mass is 9.88. The van der Waals surface area contributed by atoms with Crippen LogP contribution in [0, 0.1) is 11.3 Å². The highest BCUT2D eigenvalue weighted by molar-refractivity contribution is 7.16. The van der Waals surface area contributed by atoms with Crippen LogP contribution in [0.5, 0.6) is 0 Å². The van der Waals surface area contributed by atoms with Gasteiger partial charge in [-0.2, -0.15) is 0 Å². The molecule has 84 valence electrons. The summed E-state index contributed by atoms with van der Waals surface area (Å²) in [6.07, 6.45) is 1.90. The Morgan fingerprint density at radius 1 is 1.47 bits per heavy atom. The lowest BCUT2D eigenvalue weighted by Gasteiger charge is -2.27. The lowest BCUT2D eigenvalue weighted by Crippen LogP contribution is -2.27. The van der Waals surface area contributed by atoms with Gasteiger partial charge in [0.15, 0.2) is 0 Å². The van der Waals surface area contributed by atoms with Crippen LogP contribution in [0.1, 0.15) is 38.5 Å². The van der Waals surface area contributed by atoms with E-state index >= 15 is 0 Å². The quantitative estimate of drug-likeness (QED) is 0.791. The normalized spacial score (nSPS) is 34.6. The molecule has 1 fully saturated rings. The Morgan fingerprint density at radius 2 is 2.13 bits per heavy atom. The molecule has 0 aliphatic heterocycles. The summed E-state index contributed by atoms with van der Waals surface area (Å²) in [5, 5.41) is 10.7. The van der Waals surface area contributed by atoms with E-state index in [9.17, 15) is 5.11 Å². The fraction of sp³-hybridized carbons (Fsp3) is 0.667. The lowest BCUT2D eigenvalue weighted by molar-refractivity contribution is 0.00274. The Bertz CT molecular complexity index is 371. The van der Waals surface area contributed by atoms with E-state index in [1.807, 2.05) is 12.1 Å². The highest BCUT2D eigenvalue weighted by Gasteiger charge is 2.49. The van der Waals surface area contributed by atoms with Gasteiger partial charge in [0.2, 0.25) is 0 Å². The maximum Gasteiger partial charge on any atom is 0.102 e. The average molecular weight is 245 g/mol. The molecule has 0 aromatic carbocycles. The number of halogens is 1. The molecule has 1 nitrogen and oxygen atoms in total. The molecule has 1 saturated carbocycles. The van der Waals surface area contributed by atoms with Crippen molar-refractivity contribution < 1.29 is 5.11 Å². The summed E-state index contributed by atoms with van der Waals surface area (Å²) in [6, 6.07) is 3.84. The predicted molar refractivity (Wildman–Crippen MR) is 65.4 cm³/mol. The van der Waals surface area contributed by atoms with Crippen molar-refractivity contribution in [1.82, 2.24) is 0 Å². The van der Waals surface area contributed by atoms with Crippen molar-refractivity contribution in [2.24, 2.45) is 11.3 Å². The molecule has 0 saturated heterocycles. The number of hydrogen-bond donors (Lipinski definition) is 1. The molecular weight excluding hydrogens is 228 g/mol. The summed E-state index contributed by atoms with van der Waals surface area (Å²) in [5.41, 5.74) is -0.439. The molecule has 1 aromatic rings. The Balaban J connectivity index is 2.35. The number of thiophene rings is 1. The van der Waals surface area contributed by atoms with Crippen molar-refractivity contribution >= 4 is 22.9 Å². The maximum absolute atomic E-state index is 10.7. The first-order chi connectivity index (χ1) is 6.83. The van der Waals surface area contributed by atoms with Gasteiger partial charge >= 0.3 is 0 Å². The third-order valence-electron chi connectivity index (χ3n) is 3.42. The second-order valence-corrected chi connectivity index (χ2v) is 7.19. The van der Waals surface area contributed by atoms with Gasteiger partial charge in [-0.3, -0.25) is 0 Å². The molecule has 2 rings (SSSR count). The van der Waals surface area contributed by atoms with Crippen LogP contribution in [0.2, 0.25) is 4.34 Å². The van der Waals surface area contributed by atoms with E-state index < -0.39 is 5.60 Å². The van der Waals surface area contributed by atoms with Gasteiger partial charge in [-0.15, -0.1) is 11.3 Å². The topological polar surface area (TPSA) is 20.2 Å². The van der Waals surface area contributed by atoms with Gasteiger partial charge < -0.3 is 5.11 Å². The fourth-order valence-electron chi connectivity index (χ4n) is 2.85. The average Bonchev–Trinajstić information content (AvgIpc) is 2.56. The SMILES string of the molecule is CC1CC(C)(C)CC1(O)c1ccc(Cl)s1. The van der Waals surface area contributed by atoms with E-state index in [1.54, 1.807) is 0 Å². The van der Waals surface area contributed by atoms with E-state index in [-0.39, 0.29) is 5.41 Å². The van der Waals surface area contributed by atoms with Crippen LogP contribution >= 0.6 is 22.9 Å². The molecule has 1 aliphatic rings. The molecular formula is C12H17ClOS. The molecule has 0 radical (unpaired) electrons. The van der Waals surface area contributed by atoms with Crippen molar-refractivity contribution in [3.8, 4) is 0 Å². The third-order valence-corrected chi connectivity index (χ3v) is 4.82.